The van der Waals surface area contributed by atoms with E-state index in [1.165, 1.54) is 0 Å². The summed E-state index contributed by atoms with van der Waals surface area (Å²) >= 11 is 0. The lowest BCUT2D eigenvalue weighted by molar-refractivity contribution is -0.117. The van der Waals surface area contributed by atoms with Gasteiger partial charge < -0.3 is 15.5 Å². The number of hydrogen-bond donors (Lipinski definition) is 2. The highest BCUT2D eigenvalue weighted by atomic mass is 16.2. The molecule has 3 atom stereocenters. The lowest BCUT2D eigenvalue weighted by Gasteiger charge is -2.45. The molecule has 158 valence electrons. The monoisotopic (exact) mass is 407 g/mol. The third-order valence-corrected chi connectivity index (χ3v) is 6.11. The van der Waals surface area contributed by atoms with E-state index >= 15 is 0 Å². The average Bonchev–Trinajstić information content (AvgIpc) is 3.54. The first kappa shape index (κ1) is 20.3. The average molecular weight is 408 g/mol. The Bertz CT molecular complexity index is 972. The maximum Gasteiger partial charge on any atom is 0.251 e. The van der Waals surface area contributed by atoms with Crippen molar-refractivity contribution in [2.45, 2.75) is 52.6 Å². The number of carbonyl (C=O) groups is 2. The number of aryl methyl sites for hydroxylation is 1. The normalized spacial score (nSPS) is 22.9. The van der Waals surface area contributed by atoms with Crippen LogP contribution in [0.25, 0.3) is 0 Å². The van der Waals surface area contributed by atoms with Crippen LogP contribution in [0.1, 0.15) is 61.3 Å². The van der Waals surface area contributed by atoms with E-state index in [0.717, 1.165) is 29.8 Å². The summed E-state index contributed by atoms with van der Waals surface area (Å²) in [5, 5.41) is 6.36. The molecule has 7 heteroatoms. The van der Waals surface area contributed by atoms with E-state index in [1.54, 1.807) is 19.2 Å². The molecule has 1 saturated carbocycles. The molecule has 1 fully saturated rings. The molecule has 0 unspecified atom stereocenters. The summed E-state index contributed by atoms with van der Waals surface area (Å²) in [6, 6.07) is 7.50. The minimum Gasteiger partial charge on any atom is -0.352 e. The number of amides is 2. The Morgan fingerprint density at radius 2 is 2.00 bits per heavy atom. The second-order valence-corrected chi connectivity index (χ2v) is 8.35. The highest BCUT2D eigenvalue weighted by Gasteiger charge is 2.47. The fourth-order valence-electron chi connectivity index (χ4n) is 4.63. The van der Waals surface area contributed by atoms with E-state index in [4.69, 9.17) is 0 Å². The predicted molar refractivity (Wildman–Crippen MR) is 116 cm³/mol. The minimum absolute atomic E-state index is 0.0380. The lowest BCUT2D eigenvalue weighted by atomic mass is 9.79. The molecule has 2 amide bonds. The molecule has 1 aromatic heterocycles. The van der Waals surface area contributed by atoms with Gasteiger partial charge in [-0.25, -0.2) is 9.97 Å². The Hall–Kier alpha value is -2.96. The van der Waals surface area contributed by atoms with Crippen molar-refractivity contribution in [3.05, 3.63) is 47.3 Å². The van der Waals surface area contributed by atoms with Gasteiger partial charge in [0.1, 0.15) is 0 Å². The van der Waals surface area contributed by atoms with E-state index in [1.807, 2.05) is 36.9 Å². The molecule has 0 spiro atoms. The number of nitrogens with zero attached hydrogens (tertiary/aromatic N) is 3. The Balaban J connectivity index is 1.81. The van der Waals surface area contributed by atoms with Gasteiger partial charge in [-0.15, -0.1) is 0 Å². The van der Waals surface area contributed by atoms with Gasteiger partial charge in [-0.1, -0.05) is 6.92 Å². The van der Waals surface area contributed by atoms with Gasteiger partial charge in [0, 0.05) is 48.6 Å². The van der Waals surface area contributed by atoms with Crippen LogP contribution in [-0.4, -0.2) is 34.4 Å². The number of rotatable bonds is 5. The minimum atomic E-state index is -0.114. The fourth-order valence-corrected chi connectivity index (χ4v) is 4.63. The molecule has 2 heterocycles. The second kappa shape index (κ2) is 8.05. The van der Waals surface area contributed by atoms with Gasteiger partial charge in [0.25, 0.3) is 5.91 Å². The molecule has 4 rings (SSSR count). The highest BCUT2D eigenvalue weighted by Crippen LogP contribution is 2.50. The van der Waals surface area contributed by atoms with Gasteiger partial charge in [-0.3, -0.25) is 9.59 Å². The molecule has 30 heavy (non-hydrogen) atoms. The van der Waals surface area contributed by atoms with Crippen molar-refractivity contribution < 1.29 is 9.59 Å². The molecular weight excluding hydrogens is 378 g/mol. The Kier molecular flexibility index (Phi) is 5.45. The van der Waals surface area contributed by atoms with Crippen molar-refractivity contribution in [2.75, 3.05) is 16.8 Å². The summed E-state index contributed by atoms with van der Waals surface area (Å²) in [5.41, 5.74) is 3.28. The number of carbonyl (C=O) groups excluding carboxylic acids is 2. The zero-order valence-electron chi connectivity index (χ0n) is 18.0. The Morgan fingerprint density at radius 3 is 2.63 bits per heavy atom. The molecule has 2 aromatic rings. The SMILES string of the molecule is CCNC(=O)c1ccc2c(c1)[C@H](Nc1nccc(C)n1)[C@@H](C)[C@H](C1CC1)N2C(C)=O. The van der Waals surface area contributed by atoms with E-state index in [9.17, 15) is 9.59 Å². The zero-order chi connectivity index (χ0) is 21.4. The second-order valence-electron chi connectivity index (χ2n) is 8.35. The first-order valence-electron chi connectivity index (χ1n) is 10.7. The van der Waals surface area contributed by atoms with Crippen LogP contribution in [0.15, 0.2) is 30.5 Å². The van der Waals surface area contributed by atoms with Crippen molar-refractivity contribution in [3.63, 3.8) is 0 Å². The van der Waals surface area contributed by atoms with Crippen LogP contribution in [0, 0.1) is 18.8 Å². The number of fused-ring (bicyclic) bond motifs is 1. The van der Waals surface area contributed by atoms with Crippen molar-refractivity contribution >= 4 is 23.5 Å². The molecule has 7 nitrogen and oxygen atoms in total. The third-order valence-electron chi connectivity index (χ3n) is 6.11. The number of aromatic nitrogens is 2. The number of nitrogens with one attached hydrogen (secondary N) is 2. The number of hydrogen-bond acceptors (Lipinski definition) is 5. The van der Waals surface area contributed by atoms with E-state index < -0.39 is 0 Å². The maximum absolute atomic E-state index is 12.7. The summed E-state index contributed by atoms with van der Waals surface area (Å²) in [5.74, 6) is 1.13. The zero-order valence-corrected chi connectivity index (χ0v) is 18.0. The summed E-state index contributed by atoms with van der Waals surface area (Å²) in [6.07, 6.45) is 4.02. The third kappa shape index (κ3) is 3.76. The van der Waals surface area contributed by atoms with Crippen LogP contribution in [0.5, 0.6) is 0 Å². The van der Waals surface area contributed by atoms with Crippen molar-refractivity contribution in [1.82, 2.24) is 15.3 Å². The molecule has 2 aliphatic rings. The van der Waals surface area contributed by atoms with Gasteiger partial charge in [0.15, 0.2) is 0 Å². The predicted octanol–water partition coefficient (Wildman–Crippen LogP) is 3.47. The van der Waals surface area contributed by atoms with E-state index in [2.05, 4.69) is 27.5 Å². The fraction of sp³-hybridized carbons (Fsp3) is 0.478. The van der Waals surface area contributed by atoms with E-state index in [-0.39, 0.29) is 29.8 Å². The maximum atomic E-state index is 12.7. The van der Waals surface area contributed by atoms with Gasteiger partial charge >= 0.3 is 0 Å². The Labute approximate surface area is 177 Å². The number of benzene rings is 1. The highest BCUT2D eigenvalue weighted by molar-refractivity contribution is 5.98. The van der Waals surface area contributed by atoms with Gasteiger partial charge in [0.2, 0.25) is 11.9 Å². The molecule has 0 radical (unpaired) electrons. The summed E-state index contributed by atoms with van der Waals surface area (Å²) in [4.78, 5) is 36.0. The molecule has 0 bridgehead atoms. The van der Waals surface area contributed by atoms with Gasteiger partial charge in [-0.2, -0.15) is 0 Å². The van der Waals surface area contributed by atoms with Crippen LogP contribution in [0.3, 0.4) is 0 Å². The first-order valence-corrected chi connectivity index (χ1v) is 10.7. The van der Waals surface area contributed by atoms with Gasteiger partial charge in [-0.05, 0) is 62.4 Å². The smallest absolute Gasteiger partial charge is 0.251 e. The summed E-state index contributed by atoms with van der Waals surface area (Å²) in [7, 11) is 0. The summed E-state index contributed by atoms with van der Waals surface area (Å²) in [6.45, 7) is 8.20. The van der Waals surface area contributed by atoms with Crippen molar-refractivity contribution in [2.24, 2.45) is 11.8 Å². The standard InChI is InChI=1S/C23H29N5O2/c1-5-24-22(30)17-8-9-19-18(12-17)20(27-23-25-11-10-13(2)26-23)14(3)21(16-6-7-16)28(19)15(4)29/h8-12,14,16,20-21H,5-7H2,1-4H3,(H,24,30)(H,25,26,27)/t14-,20-,21-/m1/s1. The van der Waals surface area contributed by atoms with Gasteiger partial charge in [0.05, 0.1) is 6.04 Å². The Morgan fingerprint density at radius 1 is 1.23 bits per heavy atom. The molecule has 2 N–H and O–H groups in total. The largest absolute Gasteiger partial charge is 0.352 e. The lowest BCUT2D eigenvalue weighted by Crippen LogP contribution is -2.51. The molecule has 1 aromatic carbocycles. The van der Waals surface area contributed by atoms with Crippen LogP contribution in [-0.2, 0) is 4.79 Å². The van der Waals surface area contributed by atoms with Crippen LogP contribution in [0.4, 0.5) is 11.6 Å². The molecular formula is C23H29N5O2. The van der Waals surface area contributed by atoms with Crippen molar-refractivity contribution in [1.29, 1.82) is 0 Å². The van der Waals surface area contributed by atoms with Crippen molar-refractivity contribution in [3.8, 4) is 0 Å². The molecule has 1 aliphatic carbocycles. The van der Waals surface area contributed by atoms with Crippen LogP contribution >= 0.6 is 0 Å². The summed E-state index contributed by atoms with van der Waals surface area (Å²) < 4.78 is 0. The topological polar surface area (TPSA) is 87.2 Å². The quantitative estimate of drug-likeness (QED) is 0.792. The van der Waals surface area contributed by atoms with Crippen LogP contribution < -0.4 is 15.5 Å². The number of anilines is 2. The first-order chi connectivity index (χ1) is 14.4. The molecule has 1 aliphatic heterocycles. The molecule has 0 saturated heterocycles. The van der Waals surface area contributed by atoms with E-state index in [0.29, 0.717) is 24.0 Å². The van der Waals surface area contributed by atoms with Crippen LogP contribution in [0.2, 0.25) is 0 Å².